The molecule has 0 spiro atoms. The molecule has 2 aromatic rings. The lowest BCUT2D eigenvalue weighted by atomic mass is 10.1. The number of hydrogen-bond donors (Lipinski definition) is 1. The fraction of sp³-hybridized carbons (Fsp3) is 0.0714. The normalized spacial score (nSPS) is 9.80. The van der Waals surface area contributed by atoms with Crippen LogP contribution in [-0.2, 0) is 11.3 Å². The van der Waals surface area contributed by atoms with Crippen molar-refractivity contribution in [2.45, 2.75) is 6.61 Å². The van der Waals surface area contributed by atoms with Gasteiger partial charge in [-0.05, 0) is 35.9 Å². The van der Waals surface area contributed by atoms with E-state index >= 15 is 0 Å². The summed E-state index contributed by atoms with van der Waals surface area (Å²) >= 11 is 0. The second kappa shape index (κ2) is 5.80. The first-order valence-electron chi connectivity index (χ1n) is 5.66. The Bertz CT molecular complexity index is 678. The molecule has 0 fully saturated rings. The van der Waals surface area contributed by atoms with Crippen molar-refractivity contribution in [2.24, 2.45) is 0 Å². The van der Waals surface area contributed by atoms with Gasteiger partial charge in [-0.1, -0.05) is 0 Å². The second-order valence-corrected chi connectivity index (χ2v) is 4.01. The Labute approximate surface area is 114 Å². The number of nitriles is 1. The number of pyridine rings is 1. The van der Waals surface area contributed by atoms with Gasteiger partial charge in [0.15, 0.2) is 0 Å². The number of nitrogens with zero attached hydrogens (tertiary/aromatic N) is 2. The third kappa shape index (κ3) is 3.29. The number of rotatable bonds is 3. The molecule has 2 N–H and O–H groups in total. The molecular weight excluding hydrogens is 261 g/mol. The van der Waals surface area contributed by atoms with Crippen molar-refractivity contribution in [3.63, 3.8) is 0 Å². The molecule has 0 atom stereocenters. The quantitative estimate of drug-likeness (QED) is 0.863. The van der Waals surface area contributed by atoms with Crippen LogP contribution in [0.2, 0.25) is 0 Å². The summed E-state index contributed by atoms with van der Waals surface area (Å²) in [7, 11) is 0. The summed E-state index contributed by atoms with van der Waals surface area (Å²) < 4.78 is 18.2. The number of carbonyl (C=O) groups excluding carboxylic acids is 1. The highest BCUT2D eigenvalue weighted by Gasteiger charge is 2.09. The van der Waals surface area contributed by atoms with Crippen LogP contribution in [0, 0.1) is 17.1 Å². The zero-order valence-electron chi connectivity index (χ0n) is 10.3. The largest absolute Gasteiger partial charge is 0.456 e. The van der Waals surface area contributed by atoms with E-state index in [0.717, 1.165) is 6.07 Å². The number of halogens is 1. The predicted molar refractivity (Wildman–Crippen MR) is 68.9 cm³/mol. The summed E-state index contributed by atoms with van der Waals surface area (Å²) in [6, 6.07) is 8.54. The van der Waals surface area contributed by atoms with Crippen molar-refractivity contribution >= 4 is 11.7 Å². The van der Waals surface area contributed by atoms with E-state index < -0.39 is 11.8 Å². The minimum absolute atomic E-state index is 0.108. The SMILES string of the molecule is N#Cc1cc(F)cc(COC(=O)c2ccc(N)cn2)c1. The average molecular weight is 271 g/mol. The molecule has 0 aliphatic carbocycles. The van der Waals surface area contributed by atoms with E-state index in [4.69, 9.17) is 15.7 Å². The van der Waals surface area contributed by atoms with Gasteiger partial charge in [-0.2, -0.15) is 5.26 Å². The maximum Gasteiger partial charge on any atom is 0.357 e. The van der Waals surface area contributed by atoms with Gasteiger partial charge in [0.2, 0.25) is 0 Å². The van der Waals surface area contributed by atoms with Crippen molar-refractivity contribution in [1.29, 1.82) is 5.26 Å². The summed E-state index contributed by atoms with van der Waals surface area (Å²) in [5, 5.41) is 8.72. The lowest BCUT2D eigenvalue weighted by Crippen LogP contribution is -2.07. The second-order valence-electron chi connectivity index (χ2n) is 4.01. The number of benzene rings is 1. The molecule has 0 unspecified atom stereocenters. The summed E-state index contributed by atoms with van der Waals surface area (Å²) in [6.45, 7) is -0.142. The van der Waals surface area contributed by atoms with Crippen LogP contribution in [0.25, 0.3) is 0 Å². The Morgan fingerprint density at radius 2 is 2.20 bits per heavy atom. The predicted octanol–water partition coefficient (Wildman–Crippen LogP) is 2.03. The van der Waals surface area contributed by atoms with E-state index in [9.17, 15) is 9.18 Å². The number of nitrogens with two attached hydrogens (primary N) is 1. The summed E-state index contributed by atoms with van der Waals surface area (Å²) in [5.41, 5.74) is 6.56. The standard InChI is InChI=1S/C14H10FN3O2/c15-11-4-9(6-16)3-10(5-11)8-20-14(19)13-2-1-12(17)7-18-13/h1-5,7H,8,17H2. The zero-order chi connectivity index (χ0) is 14.5. The number of ether oxygens (including phenoxy) is 1. The number of carbonyl (C=O) groups is 1. The van der Waals surface area contributed by atoms with Crippen LogP contribution >= 0.6 is 0 Å². The number of esters is 1. The molecule has 6 heteroatoms. The zero-order valence-corrected chi connectivity index (χ0v) is 10.3. The first kappa shape index (κ1) is 13.5. The van der Waals surface area contributed by atoms with Crippen molar-refractivity contribution in [1.82, 2.24) is 4.98 Å². The van der Waals surface area contributed by atoms with Crippen LogP contribution in [0.4, 0.5) is 10.1 Å². The van der Waals surface area contributed by atoms with Gasteiger partial charge in [0.25, 0.3) is 0 Å². The molecule has 2 rings (SSSR count). The van der Waals surface area contributed by atoms with Gasteiger partial charge in [0.1, 0.15) is 18.1 Å². The Morgan fingerprint density at radius 1 is 1.40 bits per heavy atom. The van der Waals surface area contributed by atoms with Gasteiger partial charge in [0.05, 0.1) is 23.5 Å². The minimum atomic E-state index is -0.646. The third-order valence-electron chi connectivity index (χ3n) is 2.45. The molecule has 0 aliphatic heterocycles. The molecule has 1 aromatic heterocycles. The van der Waals surface area contributed by atoms with Gasteiger partial charge in [-0.25, -0.2) is 14.2 Å². The van der Waals surface area contributed by atoms with E-state index in [0.29, 0.717) is 11.3 Å². The number of anilines is 1. The fourth-order valence-electron chi connectivity index (χ4n) is 1.55. The average Bonchev–Trinajstić information content (AvgIpc) is 2.45. The summed E-state index contributed by atoms with van der Waals surface area (Å²) in [6.07, 6.45) is 1.34. The topological polar surface area (TPSA) is 89.0 Å². The van der Waals surface area contributed by atoms with E-state index in [1.165, 1.54) is 30.5 Å². The molecule has 0 saturated heterocycles. The molecule has 0 saturated carbocycles. The highest BCUT2D eigenvalue weighted by Crippen LogP contribution is 2.11. The first-order valence-corrected chi connectivity index (χ1v) is 5.66. The van der Waals surface area contributed by atoms with E-state index in [1.807, 2.05) is 6.07 Å². The van der Waals surface area contributed by atoms with Gasteiger partial charge >= 0.3 is 5.97 Å². The molecule has 0 aliphatic rings. The minimum Gasteiger partial charge on any atom is -0.456 e. The van der Waals surface area contributed by atoms with Crippen molar-refractivity contribution in [3.05, 3.63) is 59.2 Å². The Morgan fingerprint density at radius 3 is 2.85 bits per heavy atom. The van der Waals surface area contributed by atoms with Crippen molar-refractivity contribution in [3.8, 4) is 6.07 Å². The van der Waals surface area contributed by atoms with Crippen LogP contribution in [0.5, 0.6) is 0 Å². The molecule has 5 nitrogen and oxygen atoms in total. The molecule has 0 bridgehead atoms. The van der Waals surface area contributed by atoms with Gasteiger partial charge < -0.3 is 10.5 Å². The smallest absolute Gasteiger partial charge is 0.357 e. The summed E-state index contributed by atoms with van der Waals surface area (Å²) in [5.74, 6) is -1.20. The molecule has 100 valence electrons. The third-order valence-corrected chi connectivity index (χ3v) is 2.45. The number of aromatic nitrogens is 1. The molecule has 1 heterocycles. The summed E-state index contributed by atoms with van der Waals surface area (Å²) in [4.78, 5) is 15.5. The van der Waals surface area contributed by atoms with E-state index in [2.05, 4.69) is 4.98 Å². The fourth-order valence-corrected chi connectivity index (χ4v) is 1.55. The van der Waals surface area contributed by atoms with E-state index in [-0.39, 0.29) is 17.9 Å². The molecule has 0 amide bonds. The van der Waals surface area contributed by atoms with Crippen LogP contribution in [0.1, 0.15) is 21.6 Å². The lowest BCUT2D eigenvalue weighted by molar-refractivity contribution is 0.0465. The first-order chi connectivity index (χ1) is 9.58. The van der Waals surface area contributed by atoms with Crippen molar-refractivity contribution < 1.29 is 13.9 Å². The number of hydrogen-bond acceptors (Lipinski definition) is 5. The van der Waals surface area contributed by atoms with Gasteiger partial charge in [0, 0.05) is 0 Å². The Balaban J connectivity index is 2.05. The molecule has 20 heavy (non-hydrogen) atoms. The maximum atomic E-state index is 13.2. The Kier molecular flexibility index (Phi) is 3.91. The Hall–Kier alpha value is -2.94. The maximum absolute atomic E-state index is 13.2. The van der Waals surface area contributed by atoms with Crippen LogP contribution in [0.15, 0.2) is 36.5 Å². The van der Waals surface area contributed by atoms with Gasteiger partial charge in [-0.3, -0.25) is 0 Å². The van der Waals surface area contributed by atoms with Crippen LogP contribution < -0.4 is 5.73 Å². The van der Waals surface area contributed by atoms with E-state index in [1.54, 1.807) is 0 Å². The molecule has 0 radical (unpaired) electrons. The molecular formula is C14H10FN3O2. The van der Waals surface area contributed by atoms with Crippen molar-refractivity contribution in [2.75, 3.05) is 5.73 Å². The monoisotopic (exact) mass is 271 g/mol. The highest BCUT2D eigenvalue weighted by atomic mass is 19.1. The lowest BCUT2D eigenvalue weighted by Gasteiger charge is -2.05. The van der Waals surface area contributed by atoms with Gasteiger partial charge in [-0.15, -0.1) is 0 Å². The van der Waals surface area contributed by atoms with Crippen LogP contribution in [0.3, 0.4) is 0 Å². The van der Waals surface area contributed by atoms with Crippen LogP contribution in [-0.4, -0.2) is 11.0 Å². The highest BCUT2D eigenvalue weighted by molar-refractivity contribution is 5.87. The number of nitrogen functional groups attached to an aromatic ring is 1. The molecule has 1 aromatic carbocycles.